The second-order valence-corrected chi connectivity index (χ2v) is 6.12. The van der Waals surface area contributed by atoms with Crippen molar-refractivity contribution in [1.82, 2.24) is 0 Å². The van der Waals surface area contributed by atoms with Crippen molar-refractivity contribution in [2.75, 3.05) is 0 Å². The van der Waals surface area contributed by atoms with E-state index in [1.165, 1.54) is 36.8 Å². The maximum atomic E-state index is 3.26. The first kappa shape index (κ1) is 37.0. The van der Waals surface area contributed by atoms with Gasteiger partial charge in [-0.05, 0) is 0 Å². The number of allylic oxidation sites excluding steroid dienone is 16. The quantitative estimate of drug-likeness (QED) is 0.213. The van der Waals surface area contributed by atoms with Crippen LogP contribution in [0.25, 0.3) is 0 Å². The predicted octanol–water partition coefficient (Wildman–Crippen LogP) is 8.46. The van der Waals surface area contributed by atoms with Crippen molar-refractivity contribution in [2.45, 2.75) is 65.2 Å². The molecule has 0 nitrogen and oxygen atoms in total. The third-order valence-corrected chi connectivity index (χ3v) is 3.74. The van der Waals surface area contributed by atoms with Crippen LogP contribution in [0.5, 0.6) is 0 Å². The molecule has 0 aromatic heterocycles. The van der Waals surface area contributed by atoms with Gasteiger partial charge in [0.15, 0.2) is 0 Å². The average Bonchev–Trinajstić information content (AvgIpc) is 3.48. The fourth-order valence-corrected chi connectivity index (χ4v) is 2.46. The maximum Gasteiger partial charge on any atom is 4.00 e. The van der Waals surface area contributed by atoms with Crippen LogP contribution < -0.4 is 0 Å². The van der Waals surface area contributed by atoms with Gasteiger partial charge in [-0.15, -0.1) is 25.7 Å². The van der Waals surface area contributed by atoms with E-state index in [0.29, 0.717) is 0 Å². The molecular formula is C28H38HfZr. The zero-order valence-corrected chi connectivity index (χ0v) is 25.5. The standard InChI is InChI=1S/2C8H11.2C5H5.2CH3.Hf.Zr/c2*1-2-5-8-6-3-4-7-8;2*1-2-4-5-3-1;;;;/h2*3,6H,2,4-5H2,1H3;2*1-3H,4H2;2*1H3;;/q6*-1;+4;+2. The van der Waals surface area contributed by atoms with Crippen LogP contribution in [-0.4, -0.2) is 0 Å². The van der Waals surface area contributed by atoms with Crippen LogP contribution in [0.2, 0.25) is 0 Å². The molecule has 2 heteroatoms. The molecule has 0 aliphatic heterocycles. The van der Waals surface area contributed by atoms with Crippen LogP contribution in [0.1, 0.15) is 65.2 Å². The van der Waals surface area contributed by atoms with E-state index < -0.39 is 0 Å². The molecule has 0 saturated heterocycles. The van der Waals surface area contributed by atoms with Crippen molar-refractivity contribution < 1.29 is 52.0 Å². The topological polar surface area (TPSA) is 0 Å². The Bertz CT molecular complexity index is 524. The van der Waals surface area contributed by atoms with Crippen molar-refractivity contribution in [3.05, 3.63) is 111 Å². The molecular weight excluding hydrogens is 606 g/mol. The largest absolute Gasteiger partial charge is 4.00 e. The molecule has 0 unspecified atom stereocenters. The number of hydrogen-bond donors (Lipinski definition) is 0. The molecule has 4 rings (SSSR count). The third-order valence-electron chi connectivity index (χ3n) is 3.74. The Morgan fingerprint density at radius 1 is 0.667 bits per heavy atom. The molecule has 158 valence electrons. The van der Waals surface area contributed by atoms with E-state index >= 15 is 0 Å². The van der Waals surface area contributed by atoms with E-state index in [1.54, 1.807) is 0 Å². The van der Waals surface area contributed by atoms with E-state index in [9.17, 15) is 0 Å². The molecule has 0 atom stereocenters. The molecule has 4 aliphatic carbocycles. The molecule has 0 spiro atoms. The van der Waals surface area contributed by atoms with E-state index in [-0.39, 0.29) is 66.9 Å². The van der Waals surface area contributed by atoms with Crippen LogP contribution in [-0.2, 0) is 52.0 Å². The molecule has 0 saturated carbocycles. The SMILES string of the molecule is CCCC1=[C-]CC=C1.CCCC1=[C-]CC=C1.[C-]1=CC=CC1.[C-]1=CC=CC1.[CH3-].[CH3-].[Hf+4].[Zr+2]. The van der Waals surface area contributed by atoms with Gasteiger partial charge in [-0.3, -0.25) is 24.3 Å². The van der Waals surface area contributed by atoms with Gasteiger partial charge in [-0.25, -0.2) is 47.6 Å². The smallest absolute Gasteiger partial charge is 0.358 e. The summed E-state index contributed by atoms with van der Waals surface area (Å²) in [6, 6.07) is 0. The Balaban J connectivity index is -0.000000147. The zero-order valence-electron chi connectivity index (χ0n) is 19.4. The second-order valence-electron chi connectivity index (χ2n) is 6.12. The van der Waals surface area contributed by atoms with Gasteiger partial charge in [0.2, 0.25) is 0 Å². The molecule has 0 amide bonds. The van der Waals surface area contributed by atoms with Gasteiger partial charge >= 0.3 is 52.0 Å². The van der Waals surface area contributed by atoms with Crippen LogP contribution in [0.15, 0.2) is 71.9 Å². The molecule has 0 fully saturated rings. The molecule has 0 heterocycles. The minimum atomic E-state index is 0. The van der Waals surface area contributed by atoms with Crippen molar-refractivity contribution >= 4 is 0 Å². The Morgan fingerprint density at radius 2 is 1.07 bits per heavy atom. The van der Waals surface area contributed by atoms with E-state index in [2.05, 4.69) is 74.6 Å². The first-order chi connectivity index (χ1) is 12.9. The Hall–Kier alpha value is -0.327. The molecule has 0 aromatic rings. The Morgan fingerprint density at radius 3 is 1.23 bits per heavy atom. The van der Waals surface area contributed by atoms with Gasteiger partial charge in [0.1, 0.15) is 0 Å². The second kappa shape index (κ2) is 28.7. The van der Waals surface area contributed by atoms with Gasteiger partial charge < -0.3 is 14.9 Å². The number of rotatable bonds is 4. The summed E-state index contributed by atoms with van der Waals surface area (Å²) in [5.41, 5.74) is 2.79. The summed E-state index contributed by atoms with van der Waals surface area (Å²) in [5, 5.41) is 0. The minimum Gasteiger partial charge on any atom is -0.358 e. The van der Waals surface area contributed by atoms with Crippen molar-refractivity contribution in [3.63, 3.8) is 0 Å². The van der Waals surface area contributed by atoms with Gasteiger partial charge in [0, 0.05) is 0 Å². The summed E-state index contributed by atoms with van der Waals surface area (Å²) in [4.78, 5) is 0. The van der Waals surface area contributed by atoms with E-state index in [0.717, 1.165) is 25.7 Å². The molecule has 0 bridgehead atoms. The first-order valence-electron chi connectivity index (χ1n) is 9.82. The normalized spacial score (nSPS) is 14.9. The molecule has 4 aliphatic rings. The molecule has 30 heavy (non-hydrogen) atoms. The molecule has 0 radical (unpaired) electrons. The molecule has 0 N–H and O–H groups in total. The summed E-state index contributed by atoms with van der Waals surface area (Å²) in [6.07, 6.45) is 42.2. The van der Waals surface area contributed by atoms with E-state index in [4.69, 9.17) is 0 Å². The minimum absolute atomic E-state index is 0. The van der Waals surface area contributed by atoms with Gasteiger partial charge in [0.05, 0.1) is 0 Å². The monoisotopic (exact) mass is 644 g/mol. The third kappa shape index (κ3) is 22.4. The van der Waals surface area contributed by atoms with Gasteiger partial charge in [-0.2, -0.15) is 24.3 Å². The summed E-state index contributed by atoms with van der Waals surface area (Å²) >= 11 is 0. The predicted molar refractivity (Wildman–Crippen MR) is 127 cm³/mol. The summed E-state index contributed by atoms with van der Waals surface area (Å²) < 4.78 is 0. The average molecular weight is 644 g/mol. The van der Waals surface area contributed by atoms with Gasteiger partial charge in [0.25, 0.3) is 0 Å². The van der Waals surface area contributed by atoms with Gasteiger partial charge in [-0.1, -0.05) is 39.5 Å². The maximum absolute atomic E-state index is 3.26. The zero-order chi connectivity index (χ0) is 18.7. The van der Waals surface area contributed by atoms with Crippen molar-refractivity contribution in [3.8, 4) is 0 Å². The van der Waals surface area contributed by atoms with Crippen LogP contribution in [0.3, 0.4) is 0 Å². The molecule has 0 aromatic carbocycles. The van der Waals surface area contributed by atoms with Crippen LogP contribution in [0, 0.1) is 39.2 Å². The Labute approximate surface area is 226 Å². The van der Waals surface area contributed by atoms with Crippen molar-refractivity contribution in [2.24, 2.45) is 0 Å². The number of hydrogen-bond acceptors (Lipinski definition) is 0. The summed E-state index contributed by atoms with van der Waals surface area (Å²) in [6.45, 7) is 4.39. The van der Waals surface area contributed by atoms with Crippen LogP contribution in [0.4, 0.5) is 0 Å². The fourth-order valence-electron chi connectivity index (χ4n) is 2.46. The summed E-state index contributed by atoms with van der Waals surface area (Å²) in [5.74, 6) is 0. The van der Waals surface area contributed by atoms with Crippen LogP contribution >= 0.6 is 0 Å². The first-order valence-corrected chi connectivity index (χ1v) is 9.82. The van der Waals surface area contributed by atoms with E-state index in [1.807, 2.05) is 24.3 Å². The fraction of sp³-hybridized carbons (Fsp3) is 0.357. The summed E-state index contributed by atoms with van der Waals surface area (Å²) in [7, 11) is 0. The van der Waals surface area contributed by atoms with Crippen molar-refractivity contribution in [1.29, 1.82) is 0 Å². The Kier molecular flexibility index (Phi) is 35.4.